The van der Waals surface area contributed by atoms with Gasteiger partial charge in [-0.15, -0.1) is 0 Å². The Kier molecular flexibility index (Phi) is 8.29. The smallest absolute Gasteiger partial charge is 0.335 e. The van der Waals surface area contributed by atoms with Crippen LogP contribution >= 0.6 is 43.5 Å². The molecule has 12 heteroatoms. The van der Waals surface area contributed by atoms with Crippen LogP contribution in [-0.2, 0) is 14.4 Å². The van der Waals surface area contributed by atoms with Crippen LogP contribution in [0.1, 0.15) is 11.1 Å². The number of benzene rings is 3. The van der Waals surface area contributed by atoms with Crippen LogP contribution in [0.4, 0.5) is 20.6 Å². The molecule has 2 N–H and O–H groups in total. The van der Waals surface area contributed by atoms with Crippen LogP contribution in [0.2, 0.25) is 5.02 Å². The summed E-state index contributed by atoms with van der Waals surface area (Å²) in [7, 11) is 0. The summed E-state index contributed by atoms with van der Waals surface area (Å²) >= 11 is 12.8. The first-order valence-corrected chi connectivity index (χ1v) is 12.8. The number of anilines is 2. The molecule has 0 unspecified atom stereocenters. The number of amides is 5. The number of rotatable bonds is 6. The average Bonchev–Trinajstić information content (AvgIpc) is 2.84. The van der Waals surface area contributed by atoms with Crippen molar-refractivity contribution in [1.29, 1.82) is 0 Å². The maximum absolute atomic E-state index is 13.3. The molecule has 3 aromatic rings. The highest BCUT2D eigenvalue weighted by atomic mass is 79.9. The zero-order chi connectivity index (χ0) is 27.6. The monoisotopic (exact) mass is 663 g/mol. The van der Waals surface area contributed by atoms with Gasteiger partial charge < -0.3 is 10.1 Å². The van der Waals surface area contributed by atoms with Gasteiger partial charge in [0.2, 0.25) is 0 Å². The Hall–Kier alpha value is -3.54. The van der Waals surface area contributed by atoms with Crippen LogP contribution in [0.25, 0.3) is 6.08 Å². The van der Waals surface area contributed by atoms with Gasteiger partial charge >= 0.3 is 6.03 Å². The van der Waals surface area contributed by atoms with Crippen molar-refractivity contribution in [2.45, 2.75) is 6.92 Å². The lowest BCUT2D eigenvalue weighted by atomic mass is 10.1. The zero-order valence-electron chi connectivity index (χ0n) is 19.5. The van der Waals surface area contributed by atoms with Gasteiger partial charge in [0.05, 0.1) is 14.6 Å². The lowest BCUT2D eigenvalue weighted by molar-refractivity contribution is -0.122. The molecule has 0 spiro atoms. The summed E-state index contributed by atoms with van der Waals surface area (Å²) in [6.07, 6.45) is 1.30. The summed E-state index contributed by atoms with van der Waals surface area (Å²) < 4.78 is 19.8. The van der Waals surface area contributed by atoms with Gasteiger partial charge in [-0.25, -0.2) is 14.1 Å². The average molecular weight is 666 g/mol. The molecule has 8 nitrogen and oxygen atoms in total. The van der Waals surface area contributed by atoms with E-state index in [9.17, 15) is 23.6 Å². The Balaban J connectivity index is 1.51. The van der Waals surface area contributed by atoms with Gasteiger partial charge in [-0.1, -0.05) is 17.7 Å². The van der Waals surface area contributed by atoms with Crippen molar-refractivity contribution in [3.8, 4) is 5.75 Å². The van der Waals surface area contributed by atoms with Gasteiger partial charge in [0, 0.05) is 10.7 Å². The van der Waals surface area contributed by atoms with E-state index in [1.165, 1.54) is 18.2 Å². The normalized spacial score (nSPS) is 14.5. The minimum atomic E-state index is -0.943. The SMILES string of the molecule is Cc1ccc(NC(=O)COc2c(Br)cc(/C=C3\C(=O)NC(=O)N(c4ccc(F)cc4)C3=O)cc2Br)cc1Cl. The van der Waals surface area contributed by atoms with Crippen molar-refractivity contribution in [1.82, 2.24) is 5.32 Å². The summed E-state index contributed by atoms with van der Waals surface area (Å²) in [5.41, 5.74) is 1.62. The fraction of sp³-hybridized carbons (Fsp3) is 0.0769. The topological polar surface area (TPSA) is 105 Å². The van der Waals surface area contributed by atoms with Crippen molar-refractivity contribution >= 4 is 84.7 Å². The number of nitrogens with zero attached hydrogens (tertiary/aromatic N) is 1. The van der Waals surface area contributed by atoms with Crippen LogP contribution < -0.4 is 20.3 Å². The molecule has 0 aromatic heterocycles. The number of urea groups is 1. The van der Waals surface area contributed by atoms with E-state index in [2.05, 4.69) is 42.5 Å². The van der Waals surface area contributed by atoms with Crippen LogP contribution in [0.5, 0.6) is 5.75 Å². The van der Waals surface area contributed by atoms with Gasteiger partial charge in [0.25, 0.3) is 17.7 Å². The van der Waals surface area contributed by atoms with Crippen LogP contribution in [0, 0.1) is 12.7 Å². The number of carbonyl (C=O) groups excluding carboxylic acids is 4. The predicted molar refractivity (Wildman–Crippen MR) is 148 cm³/mol. The Morgan fingerprint density at radius 3 is 2.37 bits per heavy atom. The van der Waals surface area contributed by atoms with E-state index in [0.717, 1.165) is 22.6 Å². The molecule has 3 aromatic carbocycles. The number of hydrogen-bond donors (Lipinski definition) is 2. The molecule has 5 amide bonds. The molecule has 1 saturated heterocycles. The van der Waals surface area contributed by atoms with Crippen molar-refractivity contribution in [3.63, 3.8) is 0 Å². The van der Waals surface area contributed by atoms with Crippen molar-refractivity contribution in [2.75, 3.05) is 16.8 Å². The Bertz CT molecular complexity index is 1490. The maximum Gasteiger partial charge on any atom is 0.335 e. The molecule has 1 fully saturated rings. The number of hydrogen-bond acceptors (Lipinski definition) is 5. The fourth-order valence-electron chi connectivity index (χ4n) is 3.45. The first kappa shape index (κ1) is 27.5. The number of nitrogens with one attached hydrogen (secondary N) is 2. The Morgan fingerprint density at radius 1 is 1.08 bits per heavy atom. The molecule has 1 heterocycles. The highest BCUT2D eigenvalue weighted by Crippen LogP contribution is 2.36. The second-order valence-electron chi connectivity index (χ2n) is 8.05. The predicted octanol–water partition coefficient (Wildman–Crippen LogP) is 6.00. The summed E-state index contributed by atoms with van der Waals surface area (Å²) in [6.45, 7) is 1.54. The molecule has 38 heavy (non-hydrogen) atoms. The lowest BCUT2D eigenvalue weighted by Crippen LogP contribution is -2.54. The molecule has 0 saturated carbocycles. The third-order valence-electron chi connectivity index (χ3n) is 5.32. The van der Waals surface area contributed by atoms with Crippen LogP contribution in [0.15, 0.2) is 69.1 Å². The van der Waals surface area contributed by atoms with Crippen molar-refractivity contribution < 1.29 is 28.3 Å². The molecule has 0 radical (unpaired) electrons. The number of halogens is 4. The number of barbiturate groups is 1. The van der Waals surface area contributed by atoms with E-state index in [0.29, 0.717) is 31.0 Å². The summed E-state index contributed by atoms with van der Waals surface area (Å²) in [5.74, 6) is -2.39. The molecular formula is C26H17Br2ClFN3O5. The minimum absolute atomic E-state index is 0.101. The molecule has 0 aliphatic carbocycles. The van der Waals surface area contributed by atoms with E-state index < -0.39 is 29.6 Å². The van der Waals surface area contributed by atoms with E-state index in [1.54, 1.807) is 30.3 Å². The molecule has 194 valence electrons. The number of imide groups is 2. The summed E-state index contributed by atoms with van der Waals surface area (Å²) in [5, 5.41) is 5.33. The quantitative estimate of drug-likeness (QED) is 0.249. The second-order valence-corrected chi connectivity index (χ2v) is 10.2. The minimum Gasteiger partial charge on any atom is -0.481 e. The van der Waals surface area contributed by atoms with Gasteiger partial charge in [-0.3, -0.25) is 19.7 Å². The van der Waals surface area contributed by atoms with Gasteiger partial charge in [0.1, 0.15) is 17.1 Å². The lowest BCUT2D eigenvalue weighted by Gasteiger charge is -2.26. The van der Waals surface area contributed by atoms with E-state index >= 15 is 0 Å². The maximum atomic E-state index is 13.3. The van der Waals surface area contributed by atoms with Gasteiger partial charge in [0.15, 0.2) is 6.61 Å². The third-order valence-corrected chi connectivity index (χ3v) is 6.91. The zero-order valence-corrected chi connectivity index (χ0v) is 23.4. The second kappa shape index (κ2) is 11.5. The van der Waals surface area contributed by atoms with Crippen LogP contribution in [-0.4, -0.2) is 30.4 Å². The molecule has 1 aliphatic heterocycles. The van der Waals surface area contributed by atoms with E-state index in [4.69, 9.17) is 16.3 Å². The molecule has 0 bridgehead atoms. The Morgan fingerprint density at radius 2 is 1.74 bits per heavy atom. The molecule has 4 rings (SSSR count). The highest BCUT2D eigenvalue weighted by Gasteiger charge is 2.36. The van der Waals surface area contributed by atoms with E-state index in [1.807, 2.05) is 6.92 Å². The van der Waals surface area contributed by atoms with E-state index in [-0.39, 0.29) is 17.9 Å². The first-order valence-electron chi connectivity index (χ1n) is 10.9. The standard InChI is InChI=1S/C26H17Br2ClFN3O5/c1-13-2-5-16(11-21(13)29)31-22(34)12-38-23-19(27)9-14(10-20(23)28)8-18-24(35)32-26(37)33(25(18)36)17-6-3-15(30)4-7-17/h2-11H,12H2,1H3,(H,31,34)(H,32,35,37)/b18-8+. The summed E-state index contributed by atoms with van der Waals surface area (Å²) in [4.78, 5) is 50.9. The molecule has 1 aliphatic rings. The van der Waals surface area contributed by atoms with Gasteiger partial charge in [-0.2, -0.15) is 0 Å². The largest absolute Gasteiger partial charge is 0.481 e. The number of carbonyl (C=O) groups is 4. The van der Waals surface area contributed by atoms with Crippen molar-refractivity contribution in [3.05, 3.63) is 91.1 Å². The third kappa shape index (κ3) is 6.12. The number of ether oxygens (including phenoxy) is 1. The van der Waals surface area contributed by atoms with Crippen molar-refractivity contribution in [2.24, 2.45) is 0 Å². The highest BCUT2D eigenvalue weighted by molar-refractivity contribution is 9.11. The Labute approximate surface area is 238 Å². The number of aryl methyl sites for hydroxylation is 1. The molecular weight excluding hydrogens is 649 g/mol. The first-order chi connectivity index (χ1) is 18.0. The fourth-order valence-corrected chi connectivity index (χ4v) is 5.09. The summed E-state index contributed by atoms with van der Waals surface area (Å²) in [6, 6.07) is 12.0. The van der Waals surface area contributed by atoms with Gasteiger partial charge in [-0.05, 0) is 105 Å². The molecule has 0 atom stereocenters. The van der Waals surface area contributed by atoms with Crippen LogP contribution in [0.3, 0.4) is 0 Å².